The molecule has 0 fully saturated rings. The van der Waals surface area contributed by atoms with Gasteiger partial charge in [-0.2, -0.15) is 0 Å². The van der Waals surface area contributed by atoms with Crippen molar-refractivity contribution >= 4 is 26.9 Å². The molecule has 0 unspecified atom stereocenters. The van der Waals surface area contributed by atoms with Crippen molar-refractivity contribution in [1.82, 2.24) is 19.3 Å². The molecule has 0 spiro atoms. The minimum Gasteiger partial charge on any atom is -0.382 e. The molecule has 0 aliphatic heterocycles. The van der Waals surface area contributed by atoms with Gasteiger partial charge in [-0.3, -0.25) is 0 Å². The number of rotatable bonds is 7. The summed E-state index contributed by atoms with van der Waals surface area (Å²) >= 11 is 0. The Kier molecular flexibility index (Phi) is 5.56. The number of sulfonamides is 1. The minimum absolute atomic E-state index is 0.304. The van der Waals surface area contributed by atoms with Crippen molar-refractivity contribution in [2.24, 2.45) is 0 Å². The Bertz CT molecular complexity index is 1120. The molecule has 29 heavy (non-hydrogen) atoms. The number of anilines is 1. The number of benzene rings is 1. The van der Waals surface area contributed by atoms with E-state index in [9.17, 15) is 8.42 Å². The molecule has 2 aromatic heterocycles. The molecule has 154 valence electrons. The van der Waals surface area contributed by atoms with E-state index in [0.29, 0.717) is 17.3 Å². The third-order valence-electron chi connectivity index (χ3n) is 5.51. The summed E-state index contributed by atoms with van der Waals surface area (Å²) in [7, 11) is -3.46. The largest absolute Gasteiger partial charge is 0.382 e. The van der Waals surface area contributed by atoms with Crippen LogP contribution in [0.25, 0.3) is 11.0 Å². The van der Waals surface area contributed by atoms with Gasteiger partial charge >= 0.3 is 0 Å². The fourth-order valence-electron chi connectivity index (χ4n) is 3.94. The van der Waals surface area contributed by atoms with Crippen LogP contribution >= 0.6 is 0 Å². The van der Waals surface area contributed by atoms with E-state index >= 15 is 0 Å². The van der Waals surface area contributed by atoms with Gasteiger partial charge in [0.1, 0.15) is 5.52 Å². The van der Waals surface area contributed by atoms with Crippen LogP contribution in [0.3, 0.4) is 0 Å². The highest BCUT2D eigenvalue weighted by atomic mass is 32.2. The van der Waals surface area contributed by atoms with Gasteiger partial charge in [0.2, 0.25) is 10.0 Å². The quantitative estimate of drug-likeness (QED) is 0.580. The second-order valence-corrected chi connectivity index (χ2v) is 9.45. The SMILES string of the molecule is Cc1ccc(S(=O)(=O)NCCCCn2cnc3c(N)nc4c(c32)CCCC4)cc1. The maximum atomic E-state index is 12.4. The summed E-state index contributed by atoms with van der Waals surface area (Å²) in [5, 5.41) is 0. The molecule has 0 saturated heterocycles. The number of unbranched alkanes of at least 4 members (excludes halogenated alkanes) is 1. The van der Waals surface area contributed by atoms with Gasteiger partial charge in [0.25, 0.3) is 0 Å². The molecule has 2 heterocycles. The van der Waals surface area contributed by atoms with Crippen LogP contribution in [0.4, 0.5) is 5.82 Å². The Morgan fingerprint density at radius 2 is 1.90 bits per heavy atom. The molecule has 0 bridgehead atoms. The van der Waals surface area contributed by atoms with Crippen molar-refractivity contribution < 1.29 is 8.42 Å². The van der Waals surface area contributed by atoms with Gasteiger partial charge in [0.15, 0.2) is 5.82 Å². The number of imidazole rings is 1. The second-order valence-electron chi connectivity index (χ2n) is 7.68. The molecule has 0 radical (unpaired) electrons. The lowest BCUT2D eigenvalue weighted by Crippen LogP contribution is -2.25. The summed E-state index contributed by atoms with van der Waals surface area (Å²) < 4.78 is 29.6. The van der Waals surface area contributed by atoms with E-state index in [1.807, 2.05) is 13.3 Å². The molecule has 1 aromatic carbocycles. The Morgan fingerprint density at radius 3 is 2.69 bits per heavy atom. The summed E-state index contributed by atoms with van der Waals surface area (Å²) in [4.78, 5) is 9.33. The van der Waals surface area contributed by atoms with Crippen LogP contribution in [0.15, 0.2) is 35.5 Å². The summed E-state index contributed by atoms with van der Waals surface area (Å²) in [5.41, 5.74) is 11.4. The molecule has 0 amide bonds. The first-order valence-electron chi connectivity index (χ1n) is 10.1. The summed E-state index contributed by atoms with van der Waals surface area (Å²) in [6.07, 6.45) is 7.73. The highest BCUT2D eigenvalue weighted by Gasteiger charge is 2.20. The first-order valence-corrected chi connectivity index (χ1v) is 11.6. The fourth-order valence-corrected chi connectivity index (χ4v) is 5.01. The zero-order chi connectivity index (χ0) is 20.4. The Hall–Kier alpha value is -2.45. The molecule has 1 aliphatic rings. The molecule has 3 aromatic rings. The van der Waals surface area contributed by atoms with Gasteiger partial charge in [-0.1, -0.05) is 17.7 Å². The third kappa shape index (κ3) is 4.13. The number of aryl methyl sites for hydroxylation is 4. The molecule has 7 nitrogen and oxygen atoms in total. The zero-order valence-electron chi connectivity index (χ0n) is 16.7. The van der Waals surface area contributed by atoms with E-state index in [1.54, 1.807) is 24.3 Å². The Balaban J connectivity index is 1.38. The van der Waals surface area contributed by atoms with Crippen LogP contribution in [-0.2, 0) is 29.4 Å². The van der Waals surface area contributed by atoms with Crippen molar-refractivity contribution in [3.63, 3.8) is 0 Å². The van der Waals surface area contributed by atoms with Gasteiger partial charge in [-0.05, 0) is 63.1 Å². The number of aromatic nitrogens is 3. The summed E-state index contributed by atoms with van der Waals surface area (Å²) in [6, 6.07) is 6.88. The average Bonchev–Trinajstić information content (AvgIpc) is 3.13. The molecule has 0 atom stereocenters. The van der Waals surface area contributed by atoms with E-state index in [-0.39, 0.29) is 0 Å². The van der Waals surface area contributed by atoms with E-state index in [4.69, 9.17) is 5.73 Å². The normalized spacial score (nSPS) is 14.2. The van der Waals surface area contributed by atoms with Gasteiger partial charge in [-0.25, -0.2) is 23.1 Å². The highest BCUT2D eigenvalue weighted by molar-refractivity contribution is 7.89. The number of nitrogens with one attached hydrogen (secondary N) is 1. The standard InChI is InChI=1S/C21H27N5O2S/c1-15-8-10-16(11-9-15)29(27,28)24-12-4-5-13-26-14-23-19-20(26)17-6-2-3-7-18(17)25-21(19)22/h8-11,14,24H,2-7,12-13H2,1H3,(H2,22,25). The number of hydrogen-bond acceptors (Lipinski definition) is 5. The maximum Gasteiger partial charge on any atom is 0.240 e. The van der Waals surface area contributed by atoms with E-state index < -0.39 is 10.0 Å². The smallest absolute Gasteiger partial charge is 0.240 e. The average molecular weight is 414 g/mol. The number of nitrogens with zero attached hydrogens (tertiary/aromatic N) is 3. The van der Waals surface area contributed by atoms with Crippen LogP contribution in [-0.4, -0.2) is 29.5 Å². The predicted molar refractivity (Wildman–Crippen MR) is 114 cm³/mol. The molecule has 8 heteroatoms. The molecular formula is C21H27N5O2S. The fraction of sp³-hybridized carbons (Fsp3) is 0.429. The monoisotopic (exact) mass is 413 g/mol. The first-order chi connectivity index (χ1) is 14.0. The Morgan fingerprint density at radius 1 is 1.14 bits per heavy atom. The van der Waals surface area contributed by atoms with E-state index in [2.05, 4.69) is 19.3 Å². The van der Waals surface area contributed by atoms with Crippen LogP contribution < -0.4 is 10.5 Å². The predicted octanol–water partition coefficient (Wildman–Crippen LogP) is 2.96. The van der Waals surface area contributed by atoms with Crippen molar-refractivity contribution in [2.75, 3.05) is 12.3 Å². The lowest BCUT2D eigenvalue weighted by Gasteiger charge is -2.17. The van der Waals surface area contributed by atoms with Gasteiger partial charge in [0, 0.05) is 18.8 Å². The topological polar surface area (TPSA) is 103 Å². The molecule has 1 aliphatic carbocycles. The summed E-state index contributed by atoms with van der Waals surface area (Å²) in [6.45, 7) is 3.12. The van der Waals surface area contributed by atoms with Crippen LogP contribution in [0, 0.1) is 6.92 Å². The Labute approximate surface area is 171 Å². The molecular weight excluding hydrogens is 386 g/mol. The summed E-state index contributed by atoms with van der Waals surface area (Å²) in [5.74, 6) is 0.505. The van der Waals surface area contributed by atoms with Crippen molar-refractivity contribution in [2.45, 2.75) is 56.9 Å². The van der Waals surface area contributed by atoms with Crippen molar-refractivity contribution in [3.05, 3.63) is 47.4 Å². The number of pyridine rings is 1. The molecule has 0 saturated carbocycles. The number of hydrogen-bond donors (Lipinski definition) is 2. The highest BCUT2D eigenvalue weighted by Crippen LogP contribution is 2.30. The first kappa shape index (κ1) is 19.8. The van der Waals surface area contributed by atoms with Crippen molar-refractivity contribution in [3.8, 4) is 0 Å². The van der Waals surface area contributed by atoms with E-state index in [0.717, 1.165) is 60.9 Å². The number of nitrogens with two attached hydrogens (primary N) is 1. The number of nitrogen functional groups attached to an aromatic ring is 1. The van der Waals surface area contributed by atoms with E-state index in [1.165, 1.54) is 12.0 Å². The van der Waals surface area contributed by atoms with Gasteiger partial charge < -0.3 is 10.3 Å². The maximum absolute atomic E-state index is 12.4. The zero-order valence-corrected chi connectivity index (χ0v) is 17.5. The lowest BCUT2D eigenvalue weighted by molar-refractivity contribution is 0.568. The van der Waals surface area contributed by atoms with Crippen LogP contribution in [0.5, 0.6) is 0 Å². The van der Waals surface area contributed by atoms with Gasteiger partial charge in [0.05, 0.1) is 16.7 Å². The van der Waals surface area contributed by atoms with Crippen molar-refractivity contribution in [1.29, 1.82) is 0 Å². The minimum atomic E-state index is -3.46. The second kappa shape index (κ2) is 8.12. The molecule has 4 rings (SSSR count). The third-order valence-corrected chi connectivity index (χ3v) is 6.99. The molecule has 3 N–H and O–H groups in total. The van der Waals surface area contributed by atoms with Gasteiger partial charge in [-0.15, -0.1) is 0 Å². The van der Waals surface area contributed by atoms with Crippen LogP contribution in [0.1, 0.15) is 42.5 Å². The van der Waals surface area contributed by atoms with Crippen LogP contribution in [0.2, 0.25) is 0 Å². The number of fused-ring (bicyclic) bond motifs is 3. The lowest BCUT2D eigenvalue weighted by atomic mass is 9.95.